The highest BCUT2D eigenvalue weighted by atomic mass is 16.2. The van der Waals surface area contributed by atoms with Crippen molar-refractivity contribution >= 4 is 17.3 Å². The number of rotatable bonds is 4. The molecule has 0 bridgehead atoms. The molecule has 2 aromatic carbocycles. The maximum Gasteiger partial charge on any atom is 0.224 e. The van der Waals surface area contributed by atoms with E-state index in [2.05, 4.69) is 46.7 Å². The van der Waals surface area contributed by atoms with Crippen LogP contribution in [0.5, 0.6) is 0 Å². The van der Waals surface area contributed by atoms with Crippen molar-refractivity contribution in [1.82, 2.24) is 5.32 Å². The second kappa shape index (κ2) is 8.60. The molecule has 0 spiro atoms. The zero-order valence-electron chi connectivity index (χ0n) is 19.0. The van der Waals surface area contributed by atoms with E-state index in [1.165, 1.54) is 24.0 Å². The molecule has 5 nitrogen and oxygen atoms in total. The van der Waals surface area contributed by atoms with Crippen molar-refractivity contribution in [3.05, 3.63) is 59.2 Å². The summed E-state index contributed by atoms with van der Waals surface area (Å²) in [6, 6.07) is 17.1. The fourth-order valence-corrected chi connectivity index (χ4v) is 5.81. The first-order chi connectivity index (χ1) is 15.6. The summed E-state index contributed by atoms with van der Waals surface area (Å²) in [4.78, 5) is 14.9. The number of hydrogen-bond donors (Lipinski definition) is 2. The van der Waals surface area contributed by atoms with Crippen molar-refractivity contribution in [2.45, 2.75) is 57.5 Å². The van der Waals surface area contributed by atoms with Crippen LogP contribution in [0, 0.1) is 23.2 Å². The number of piperidine rings is 1. The lowest BCUT2D eigenvalue weighted by Crippen LogP contribution is -2.51. The molecule has 166 valence electrons. The predicted molar refractivity (Wildman–Crippen MR) is 128 cm³/mol. The average molecular weight is 429 g/mol. The summed E-state index contributed by atoms with van der Waals surface area (Å²) in [5.74, 6) is 1.58. The molecule has 1 aliphatic carbocycles. The molecule has 3 atom stereocenters. The number of nitrogens with one attached hydrogen (secondary N) is 2. The van der Waals surface area contributed by atoms with Gasteiger partial charge in [-0.1, -0.05) is 19.1 Å². The number of carbonyl (C=O) groups excluding carboxylic acids is 1. The molecule has 2 aliphatic heterocycles. The smallest absolute Gasteiger partial charge is 0.224 e. The van der Waals surface area contributed by atoms with Gasteiger partial charge < -0.3 is 15.5 Å². The normalized spacial score (nSPS) is 25.7. The minimum Gasteiger partial charge on any atom is -0.378 e. The number of benzene rings is 2. The van der Waals surface area contributed by atoms with E-state index in [1.54, 1.807) is 6.92 Å². The van der Waals surface area contributed by atoms with Gasteiger partial charge in [-0.05, 0) is 92.1 Å². The van der Waals surface area contributed by atoms with E-state index in [0.717, 1.165) is 37.3 Å². The van der Waals surface area contributed by atoms with Crippen molar-refractivity contribution in [1.29, 1.82) is 5.26 Å². The number of hydrogen-bond acceptors (Lipinski definition) is 4. The summed E-state index contributed by atoms with van der Waals surface area (Å²) >= 11 is 0. The molecule has 3 aliphatic rings. The van der Waals surface area contributed by atoms with E-state index in [1.807, 2.05) is 24.3 Å². The Morgan fingerprint density at radius 2 is 1.81 bits per heavy atom. The van der Waals surface area contributed by atoms with Gasteiger partial charge in [-0.3, -0.25) is 4.79 Å². The zero-order chi connectivity index (χ0) is 22.2. The highest BCUT2D eigenvalue weighted by Crippen LogP contribution is 2.50. The first-order valence-corrected chi connectivity index (χ1v) is 12.0. The highest BCUT2D eigenvalue weighted by Gasteiger charge is 2.47. The molecule has 2 aromatic rings. The lowest BCUT2D eigenvalue weighted by Gasteiger charge is -2.46. The number of carbonyl (C=O) groups is 1. The molecule has 1 saturated heterocycles. The number of anilines is 2. The molecule has 5 heteroatoms. The van der Waals surface area contributed by atoms with E-state index in [4.69, 9.17) is 5.26 Å². The molecule has 2 N–H and O–H groups in total. The summed E-state index contributed by atoms with van der Waals surface area (Å²) < 4.78 is 0. The molecule has 2 fully saturated rings. The largest absolute Gasteiger partial charge is 0.378 e. The molecule has 0 unspecified atom stereocenters. The van der Waals surface area contributed by atoms with E-state index < -0.39 is 0 Å². The number of nitrogens with zero attached hydrogens (tertiary/aromatic N) is 2. The Kier molecular flexibility index (Phi) is 5.65. The minimum absolute atomic E-state index is 0.126. The van der Waals surface area contributed by atoms with Crippen LogP contribution in [-0.2, 0) is 4.79 Å². The molecule has 2 heterocycles. The summed E-state index contributed by atoms with van der Waals surface area (Å²) in [5, 5.41) is 16.4. The van der Waals surface area contributed by atoms with Crippen LogP contribution in [0.4, 0.5) is 11.4 Å². The van der Waals surface area contributed by atoms with Crippen LogP contribution >= 0.6 is 0 Å². The van der Waals surface area contributed by atoms with Crippen LogP contribution in [0.1, 0.15) is 68.2 Å². The van der Waals surface area contributed by atoms with Crippen LogP contribution in [-0.4, -0.2) is 25.0 Å². The van der Waals surface area contributed by atoms with Crippen molar-refractivity contribution in [2.24, 2.45) is 11.8 Å². The fraction of sp³-hybridized carbons (Fsp3) is 0.481. The van der Waals surface area contributed by atoms with Gasteiger partial charge in [-0.2, -0.15) is 5.26 Å². The summed E-state index contributed by atoms with van der Waals surface area (Å²) in [5.41, 5.74) is 5.36. The quantitative estimate of drug-likeness (QED) is 0.722. The average Bonchev–Trinajstić information content (AvgIpc) is 3.66. The SMILES string of the molecule is CC(=O)N1c2ccc(C3CCNCC3)cc2[C@H](Nc2ccc(C#N)cc2)[C@@H](C)[C@H]1C1CC1. The van der Waals surface area contributed by atoms with Crippen LogP contribution in [0.2, 0.25) is 0 Å². The van der Waals surface area contributed by atoms with Gasteiger partial charge in [0.25, 0.3) is 0 Å². The van der Waals surface area contributed by atoms with Crippen molar-refractivity contribution in [3.8, 4) is 6.07 Å². The highest BCUT2D eigenvalue weighted by molar-refractivity contribution is 5.94. The van der Waals surface area contributed by atoms with Gasteiger partial charge in [0.2, 0.25) is 5.91 Å². The Balaban J connectivity index is 1.56. The first kappa shape index (κ1) is 21.0. The topological polar surface area (TPSA) is 68.2 Å². The number of amides is 1. The molecule has 0 aromatic heterocycles. The molecule has 0 radical (unpaired) electrons. The van der Waals surface area contributed by atoms with Gasteiger partial charge >= 0.3 is 0 Å². The standard InChI is InChI=1S/C27H32N4O/c1-17-26(30-23-8-3-19(16-28)4-9-23)24-15-22(20-11-13-29-14-12-20)7-10-25(24)31(18(2)32)27(17)21-5-6-21/h3-4,7-10,15,17,20-21,26-27,29-30H,5-6,11-14H2,1-2H3/t17-,26-,27+/m1/s1. The van der Waals surface area contributed by atoms with Crippen LogP contribution < -0.4 is 15.5 Å². The third kappa shape index (κ3) is 3.89. The van der Waals surface area contributed by atoms with E-state index in [0.29, 0.717) is 17.4 Å². The lowest BCUT2D eigenvalue weighted by atomic mass is 9.78. The lowest BCUT2D eigenvalue weighted by molar-refractivity contribution is -0.117. The van der Waals surface area contributed by atoms with Gasteiger partial charge in [-0.25, -0.2) is 0 Å². The Morgan fingerprint density at radius 3 is 2.44 bits per heavy atom. The minimum atomic E-state index is 0.126. The van der Waals surface area contributed by atoms with Crippen molar-refractivity contribution in [3.63, 3.8) is 0 Å². The van der Waals surface area contributed by atoms with E-state index in [-0.39, 0.29) is 23.9 Å². The number of nitriles is 1. The van der Waals surface area contributed by atoms with Crippen LogP contribution in [0.25, 0.3) is 0 Å². The fourth-order valence-electron chi connectivity index (χ4n) is 5.81. The maximum absolute atomic E-state index is 12.8. The second-order valence-electron chi connectivity index (χ2n) is 9.73. The van der Waals surface area contributed by atoms with Crippen molar-refractivity contribution < 1.29 is 4.79 Å². The molecule has 5 rings (SSSR count). The van der Waals surface area contributed by atoms with E-state index >= 15 is 0 Å². The third-order valence-corrected chi connectivity index (χ3v) is 7.60. The van der Waals surface area contributed by atoms with Gasteiger partial charge in [0.15, 0.2) is 0 Å². The Bertz CT molecular complexity index is 1030. The predicted octanol–water partition coefficient (Wildman–Crippen LogP) is 4.96. The Labute approximate surface area is 190 Å². The van der Waals surface area contributed by atoms with Crippen LogP contribution in [0.3, 0.4) is 0 Å². The zero-order valence-corrected chi connectivity index (χ0v) is 19.0. The summed E-state index contributed by atoms with van der Waals surface area (Å²) in [6.07, 6.45) is 4.71. The van der Waals surface area contributed by atoms with Crippen molar-refractivity contribution in [2.75, 3.05) is 23.3 Å². The number of fused-ring (bicyclic) bond motifs is 1. The van der Waals surface area contributed by atoms with Gasteiger partial charge in [0, 0.05) is 30.3 Å². The Morgan fingerprint density at radius 1 is 1.09 bits per heavy atom. The molecular formula is C27H32N4O. The van der Waals surface area contributed by atoms with Crippen LogP contribution in [0.15, 0.2) is 42.5 Å². The summed E-state index contributed by atoms with van der Waals surface area (Å²) in [7, 11) is 0. The van der Waals surface area contributed by atoms with Gasteiger partial charge in [0.05, 0.1) is 17.7 Å². The van der Waals surface area contributed by atoms with Gasteiger partial charge in [0.1, 0.15) is 0 Å². The molecule has 1 saturated carbocycles. The molecule has 32 heavy (non-hydrogen) atoms. The molecular weight excluding hydrogens is 396 g/mol. The third-order valence-electron chi connectivity index (χ3n) is 7.60. The Hall–Kier alpha value is -2.84. The molecule has 1 amide bonds. The monoisotopic (exact) mass is 428 g/mol. The summed E-state index contributed by atoms with van der Waals surface area (Å²) in [6.45, 7) is 6.13. The maximum atomic E-state index is 12.8. The first-order valence-electron chi connectivity index (χ1n) is 12.0. The van der Waals surface area contributed by atoms with Gasteiger partial charge in [-0.15, -0.1) is 0 Å². The second-order valence-corrected chi connectivity index (χ2v) is 9.73. The van der Waals surface area contributed by atoms with E-state index in [9.17, 15) is 4.79 Å².